The van der Waals surface area contributed by atoms with Gasteiger partial charge in [-0.3, -0.25) is 38.5 Å². The highest BCUT2D eigenvalue weighted by atomic mass is 16.2. The fourth-order valence-corrected chi connectivity index (χ4v) is 5.22. The lowest BCUT2D eigenvalue weighted by Crippen LogP contribution is -2.72. The minimum absolute atomic E-state index is 0.131. The van der Waals surface area contributed by atoms with Crippen LogP contribution in [0.5, 0.6) is 0 Å². The number of piperidine rings is 1. The Labute approximate surface area is 242 Å². The Morgan fingerprint density at radius 1 is 0.905 bits per heavy atom. The number of benzene rings is 2. The highest BCUT2D eigenvalue weighted by Gasteiger charge is 2.58. The third-order valence-electron chi connectivity index (χ3n) is 7.40. The molecule has 2 aromatic rings. The van der Waals surface area contributed by atoms with Crippen LogP contribution in [0.15, 0.2) is 42.5 Å². The van der Waals surface area contributed by atoms with Crippen molar-refractivity contribution in [1.82, 2.24) is 15.5 Å². The number of carbonyl (C=O) groups is 7. The fourth-order valence-electron chi connectivity index (χ4n) is 5.22. The molecule has 1 heterocycles. The number of nitrogens with two attached hydrogens (primary N) is 3. The van der Waals surface area contributed by atoms with Gasteiger partial charge in [0.25, 0.3) is 11.8 Å². The van der Waals surface area contributed by atoms with Crippen molar-refractivity contribution in [1.29, 1.82) is 0 Å². The number of Topliss-reactive ketones (excluding diaryl/α,β-unsaturated/α-hetero) is 1. The molecule has 13 nitrogen and oxygen atoms in total. The number of amides is 6. The average Bonchev–Trinajstić information content (AvgIpc) is 2.92. The molecule has 6 amide bonds. The Hall–Kier alpha value is -4.65. The molecule has 13 heteroatoms. The monoisotopic (exact) mass is 580 g/mol. The molecule has 0 bridgehead atoms. The molecular weight excluding hydrogens is 544 g/mol. The normalized spacial score (nSPS) is 19.2. The molecule has 1 aliphatic heterocycles. The Morgan fingerprint density at radius 2 is 1.55 bits per heavy atom. The van der Waals surface area contributed by atoms with E-state index >= 15 is 0 Å². The van der Waals surface area contributed by atoms with Crippen molar-refractivity contribution >= 4 is 52.0 Å². The summed E-state index contributed by atoms with van der Waals surface area (Å²) in [7, 11) is 0. The summed E-state index contributed by atoms with van der Waals surface area (Å²) in [6.07, 6.45) is -1.06. The van der Waals surface area contributed by atoms with Crippen molar-refractivity contribution in [2.75, 3.05) is 0 Å². The molecule has 224 valence electrons. The first kappa shape index (κ1) is 31.9. The lowest BCUT2D eigenvalue weighted by Gasteiger charge is -2.45. The van der Waals surface area contributed by atoms with E-state index in [9.17, 15) is 33.6 Å². The van der Waals surface area contributed by atoms with Gasteiger partial charge in [-0.2, -0.15) is 0 Å². The lowest BCUT2D eigenvalue weighted by molar-refractivity contribution is -0.171. The van der Waals surface area contributed by atoms with Gasteiger partial charge in [-0.1, -0.05) is 56.3 Å². The average molecular weight is 581 g/mol. The number of rotatable bonds is 11. The second-order valence-corrected chi connectivity index (χ2v) is 10.7. The van der Waals surface area contributed by atoms with Gasteiger partial charge in [-0.25, -0.2) is 0 Å². The topological polar surface area (TPSA) is 225 Å². The van der Waals surface area contributed by atoms with E-state index in [1.165, 1.54) is 20.8 Å². The van der Waals surface area contributed by atoms with E-state index in [-0.39, 0.29) is 19.3 Å². The van der Waals surface area contributed by atoms with E-state index in [4.69, 9.17) is 17.2 Å². The molecule has 0 aliphatic carbocycles. The van der Waals surface area contributed by atoms with Crippen LogP contribution in [-0.2, 0) is 40.0 Å². The number of ketones is 1. The van der Waals surface area contributed by atoms with Crippen LogP contribution in [0.1, 0.15) is 45.6 Å². The van der Waals surface area contributed by atoms with Crippen LogP contribution >= 0.6 is 0 Å². The highest BCUT2D eigenvalue weighted by Crippen LogP contribution is 2.33. The van der Waals surface area contributed by atoms with Crippen LogP contribution in [0.2, 0.25) is 0 Å². The molecular formula is C29H36N6O7. The summed E-state index contributed by atoms with van der Waals surface area (Å²) in [6.45, 7) is 4.18. The van der Waals surface area contributed by atoms with Crippen molar-refractivity contribution < 1.29 is 33.6 Å². The highest BCUT2D eigenvalue weighted by molar-refractivity contribution is 6.20. The van der Waals surface area contributed by atoms with Crippen LogP contribution in [0.3, 0.4) is 0 Å². The van der Waals surface area contributed by atoms with Crippen molar-refractivity contribution in [2.45, 2.75) is 70.1 Å². The van der Waals surface area contributed by atoms with Gasteiger partial charge in [-0.05, 0) is 35.6 Å². The number of fused-ring (bicyclic) bond motifs is 1. The first-order valence-corrected chi connectivity index (χ1v) is 13.5. The minimum atomic E-state index is -2.22. The Balaban J connectivity index is 1.75. The predicted octanol–water partition coefficient (Wildman–Crippen LogP) is -0.827. The summed E-state index contributed by atoms with van der Waals surface area (Å²) in [6, 6.07) is 9.21. The molecule has 0 radical (unpaired) electrons. The zero-order valence-electron chi connectivity index (χ0n) is 23.7. The lowest BCUT2D eigenvalue weighted by atomic mass is 9.75. The van der Waals surface area contributed by atoms with Gasteiger partial charge in [0.1, 0.15) is 12.1 Å². The molecule has 2 aromatic carbocycles. The van der Waals surface area contributed by atoms with Gasteiger partial charge in [0, 0.05) is 12.8 Å². The van der Waals surface area contributed by atoms with Crippen molar-refractivity contribution in [3.8, 4) is 0 Å². The van der Waals surface area contributed by atoms with Crippen LogP contribution in [0.4, 0.5) is 0 Å². The van der Waals surface area contributed by atoms with E-state index in [1.54, 1.807) is 0 Å². The maximum atomic E-state index is 13.4. The number of primary amides is 2. The van der Waals surface area contributed by atoms with Gasteiger partial charge >= 0.3 is 0 Å². The van der Waals surface area contributed by atoms with Crippen LogP contribution < -0.4 is 27.8 Å². The van der Waals surface area contributed by atoms with Crippen molar-refractivity contribution in [3.05, 3.63) is 48.0 Å². The molecule has 1 saturated heterocycles. The van der Waals surface area contributed by atoms with Gasteiger partial charge in [0.2, 0.25) is 23.6 Å². The Kier molecular flexibility index (Phi) is 9.79. The van der Waals surface area contributed by atoms with Gasteiger partial charge in [-0.15, -0.1) is 0 Å². The molecule has 3 rings (SSSR count). The first-order chi connectivity index (χ1) is 19.7. The van der Waals surface area contributed by atoms with Crippen molar-refractivity contribution in [2.24, 2.45) is 23.1 Å². The summed E-state index contributed by atoms with van der Waals surface area (Å²) in [4.78, 5) is 89.9. The first-order valence-electron chi connectivity index (χ1n) is 13.5. The summed E-state index contributed by atoms with van der Waals surface area (Å²) >= 11 is 0. The smallest absolute Gasteiger partial charge is 0.252 e. The van der Waals surface area contributed by atoms with Gasteiger partial charge in [0.15, 0.2) is 11.3 Å². The third-order valence-corrected chi connectivity index (χ3v) is 7.40. The fraction of sp³-hybridized carbons (Fsp3) is 0.414. The second kappa shape index (κ2) is 12.9. The molecule has 1 aliphatic rings. The van der Waals surface area contributed by atoms with E-state index in [0.29, 0.717) is 4.90 Å². The van der Waals surface area contributed by atoms with Crippen LogP contribution in [0, 0.1) is 5.92 Å². The number of likely N-dealkylation sites (tertiary alicyclic amines) is 1. The van der Waals surface area contributed by atoms with E-state index in [2.05, 4.69) is 10.6 Å². The molecule has 0 spiro atoms. The third kappa shape index (κ3) is 6.46. The van der Waals surface area contributed by atoms with E-state index in [1.807, 2.05) is 42.5 Å². The Bertz CT molecular complexity index is 1440. The standard InChI is InChI=1S/C29H36N6O7/c1-15(2)29(28(32)42)22(36)10-11-24(38)35(29)27(41)16(3)33-26(40)21(14-23(31)37)34-25(39)20(30)13-17-8-9-18-6-4-5-7-19(18)12-17/h4-9,12,15-16,20-21H,10-11,13-14,30H2,1-3H3,(H2,31,37)(H2,32,42)(H,33,40)(H,34,39)/t16-,20-,21-,29+/m0/s1. The van der Waals surface area contributed by atoms with Gasteiger partial charge in [0.05, 0.1) is 12.5 Å². The largest absolute Gasteiger partial charge is 0.370 e. The van der Waals surface area contributed by atoms with Gasteiger partial charge < -0.3 is 27.8 Å². The molecule has 4 atom stereocenters. The summed E-state index contributed by atoms with van der Waals surface area (Å²) in [5, 5.41) is 6.71. The van der Waals surface area contributed by atoms with E-state index < -0.39 is 77.2 Å². The number of nitrogens with one attached hydrogen (secondary N) is 2. The second-order valence-electron chi connectivity index (χ2n) is 10.7. The van der Waals surface area contributed by atoms with Crippen LogP contribution in [0.25, 0.3) is 10.8 Å². The van der Waals surface area contributed by atoms with Crippen LogP contribution in [-0.4, -0.2) is 69.8 Å². The van der Waals surface area contributed by atoms with Crippen molar-refractivity contribution in [3.63, 3.8) is 0 Å². The number of hydrogen-bond donors (Lipinski definition) is 5. The molecule has 1 fully saturated rings. The predicted molar refractivity (Wildman–Crippen MR) is 152 cm³/mol. The molecule has 8 N–H and O–H groups in total. The minimum Gasteiger partial charge on any atom is -0.370 e. The quantitative estimate of drug-likeness (QED) is 0.210. The molecule has 0 saturated carbocycles. The zero-order valence-corrected chi connectivity index (χ0v) is 23.7. The number of carbonyl (C=O) groups excluding carboxylic acids is 7. The Morgan fingerprint density at radius 3 is 2.14 bits per heavy atom. The summed E-state index contributed by atoms with van der Waals surface area (Å²) in [5.74, 6) is -7.16. The summed E-state index contributed by atoms with van der Waals surface area (Å²) < 4.78 is 0. The number of hydrogen-bond acceptors (Lipinski definition) is 8. The SMILES string of the molecule is CC(C)[C@]1(C(N)=O)C(=O)CCC(=O)N1C(=O)[C@H](C)NC(=O)[C@H](CC(N)=O)NC(=O)[C@@H](N)Cc1ccc2ccccc2c1. The zero-order chi connectivity index (χ0) is 31.4. The number of nitrogens with zero attached hydrogens (tertiary/aromatic N) is 1. The number of imide groups is 1. The molecule has 0 aromatic heterocycles. The molecule has 0 unspecified atom stereocenters. The maximum absolute atomic E-state index is 13.4. The van der Waals surface area contributed by atoms with E-state index in [0.717, 1.165) is 16.3 Å². The maximum Gasteiger partial charge on any atom is 0.252 e. The summed E-state index contributed by atoms with van der Waals surface area (Å²) in [5.41, 5.74) is 15.5. The molecule has 42 heavy (non-hydrogen) atoms.